The quantitative estimate of drug-likeness (QED) is 0.428. The van der Waals surface area contributed by atoms with E-state index in [1.807, 2.05) is 13.0 Å². The van der Waals surface area contributed by atoms with Crippen molar-refractivity contribution in [2.75, 3.05) is 36.4 Å². The summed E-state index contributed by atoms with van der Waals surface area (Å²) in [6.07, 6.45) is 3.63. The molecule has 1 aromatic heterocycles. The molecule has 2 aromatic rings. The van der Waals surface area contributed by atoms with Gasteiger partial charge in [-0.3, -0.25) is 14.9 Å². The fraction of sp³-hybridized carbons (Fsp3) is 0.421. The molecule has 0 radical (unpaired) electrons. The Morgan fingerprint density at radius 1 is 1.14 bits per heavy atom. The molecule has 1 fully saturated rings. The molecule has 0 aliphatic carbocycles. The Balaban J connectivity index is 1.50. The van der Waals surface area contributed by atoms with Crippen molar-refractivity contribution < 1.29 is 9.72 Å². The number of rotatable bonds is 7. The summed E-state index contributed by atoms with van der Waals surface area (Å²) < 4.78 is 0. The predicted molar refractivity (Wildman–Crippen MR) is 107 cm³/mol. The van der Waals surface area contributed by atoms with Crippen LogP contribution in [0.4, 0.5) is 17.3 Å². The van der Waals surface area contributed by atoms with Crippen molar-refractivity contribution in [1.29, 1.82) is 0 Å². The van der Waals surface area contributed by atoms with Gasteiger partial charge >= 0.3 is 0 Å². The van der Waals surface area contributed by atoms with E-state index in [1.54, 1.807) is 0 Å². The maximum absolute atomic E-state index is 12.1. The van der Waals surface area contributed by atoms with Crippen molar-refractivity contribution in [1.82, 2.24) is 15.3 Å². The van der Waals surface area contributed by atoms with Gasteiger partial charge in [0.2, 0.25) is 0 Å². The Morgan fingerprint density at radius 2 is 1.86 bits per heavy atom. The third-order valence-corrected chi connectivity index (χ3v) is 4.56. The Bertz CT molecular complexity index is 834. The first-order valence-corrected chi connectivity index (χ1v) is 9.40. The van der Waals surface area contributed by atoms with Crippen LogP contribution in [0.25, 0.3) is 0 Å². The van der Waals surface area contributed by atoms with Gasteiger partial charge in [-0.15, -0.1) is 0 Å². The second kappa shape index (κ2) is 9.12. The van der Waals surface area contributed by atoms with Gasteiger partial charge in [-0.05, 0) is 38.3 Å². The summed E-state index contributed by atoms with van der Waals surface area (Å²) in [5.74, 6) is 2.10. The topological polar surface area (TPSA) is 113 Å². The second-order valence-corrected chi connectivity index (χ2v) is 6.69. The molecule has 9 nitrogen and oxygen atoms in total. The van der Waals surface area contributed by atoms with Gasteiger partial charge < -0.3 is 15.5 Å². The molecule has 2 heterocycles. The average Bonchev–Trinajstić information content (AvgIpc) is 2.71. The maximum Gasteiger partial charge on any atom is 0.269 e. The summed E-state index contributed by atoms with van der Waals surface area (Å²) in [5.41, 5.74) is 0.345. The molecular weight excluding hydrogens is 360 g/mol. The van der Waals surface area contributed by atoms with Crippen molar-refractivity contribution in [3.8, 4) is 0 Å². The van der Waals surface area contributed by atoms with Crippen molar-refractivity contribution in [2.24, 2.45) is 0 Å². The third kappa shape index (κ3) is 5.15. The van der Waals surface area contributed by atoms with E-state index in [2.05, 4.69) is 25.5 Å². The molecule has 9 heteroatoms. The van der Waals surface area contributed by atoms with Crippen LogP contribution < -0.4 is 15.5 Å². The van der Waals surface area contributed by atoms with Crippen LogP contribution >= 0.6 is 0 Å². The molecule has 1 aliphatic heterocycles. The van der Waals surface area contributed by atoms with E-state index in [0.717, 1.165) is 24.7 Å². The minimum absolute atomic E-state index is 0.0399. The standard InChI is InChI=1S/C19H24N6O3/c1-14-22-17(13-18(23-14)24-11-3-2-4-12-24)20-9-10-21-19(26)15-5-7-16(8-6-15)25(27)28/h5-8,13H,2-4,9-12H2,1H3,(H,21,26)(H,20,22,23). The summed E-state index contributed by atoms with van der Waals surface area (Å²) in [6, 6.07) is 7.47. The highest BCUT2D eigenvalue weighted by Gasteiger charge is 2.14. The lowest BCUT2D eigenvalue weighted by Crippen LogP contribution is -2.31. The number of anilines is 2. The van der Waals surface area contributed by atoms with Crippen LogP contribution in [-0.4, -0.2) is 47.0 Å². The Hall–Kier alpha value is -3.23. The highest BCUT2D eigenvalue weighted by molar-refractivity contribution is 5.94. The van der Waals surface area contributed by atoms with Crippen LogP contribution in [0.3, 0.4) is 0 Å². The number of piperidine rings is 1. The van der Waals surface area contributed by atoms with Gasteiger partial charge in [-0.25, -0.2) is 9.97 Å². The zero-order valence-electron chi connectivity index (χ0n) is 15.9. The molecule has 0 unspecified atom stereocenters. The molecule has 3 rings (SSSR count). The Morgan fingerprint density at radius 3 is 2.54 bits per heavy atom. The number of aryl methyl sites for hydroxylation is 1. The smallest absolute Gasteiger partial charge is 0.269 e. The van der Waals surface area contributed by atoms with Gasteiger partial charge in [0.1, 0.15) is 17.5 Å². The molecule has 28 heavy (non-hydrogen) atoms. The van der Waals surface area contributed by atoms with Gasteiger partial charge in [0.15, 0.2) is 0 Å². The number of nitrogens with one attached hydrogen (secondary N) is 2. The number of nitrogens with zero attached hydrogens (tertiary/aromatic N) is 4. The highest BCUT2D eigenvalue weighted by Crippen LogP contribution is 2.20. The first kappa shape index (κ1) is 19.5. The minimum Gasteiger partial charge on any atom is -0.368 e. The Kier molecular flexibility index (Phi) is 6.36. The number of nitro benzene ring substituents is 1. The molecular formula is C19H24N6O3. The lowest BCUT2D eigenvalue weighted by atomic mass is 10.1. The summed E-state index contributed by atoms with van der Waals surface area (Å²) in [4.78, 5) is 33.5. The first-order valence-electron chi connectivity index (χ1n) is 9.40. The van der Waals surface area contributed by atoms with Crippen molar-refractivity contribution >= 4 is 23.2 Å². The van der Waals surface area contributed by atoms with Gasteiger partial charge in [0, 0.05) is 49.9 Å². The number of amides is 1. The summed E-state index contributed by atoms with van der Waals surface area (Å²) in [6.45, 7) is 4.81. The van der Waals surface area contributed by atoms with Gasteiger partial charge in [-0.2, -0.15) is 0 Å². The summed E-state index contributed by atoms with van der Waals surface area (Å²) in [7, 11) is 0. The monoisotopic (exact) mass is 384 g/mol. The van der Waals surface area contributed by atoms with Crippen LogP contribution in [0.15, 0.2) is 30.3 Å². The molecule has 0 bridgehead atoms. The minimum atomic E-state index is -0.493. The molecule has 1 amide bonds. The molecule has 2 N–H and O–H groups in total. The normalized spacial score (nSPS) is 13.8. The van der Waals surface area contributed by atoms with Crippen LogP contribution in [0, 0.1) is 17.0 Å². The fourth-order valence-electron chi connectivity index (χ4n) is 3.13. The molecule has 148 valence electrons. The number of non-ortho nitro benzene ring substituents is 1. The molecule has 1 aliphatic rings. The largest absolute Gasteiger partial charge is 0.368 e. The van der Waals surface area contributed by atoms with E-state index in [1.165, 1.54) is 43.5 Å². The van der Waals surface area contributed by atoms with Crippen LogP contribution in [-0.2, 0) is 0 Å². The number of hydrogen-bond acceptors (Lipinski definition) is 7. The second-order valence-electron chi connectivity index (χ2n) is 6.69. The Labute approximate surface area is 163 Å². The number of carbonyl (C=O) groups is 1. The average molecular weight is 384 g/mol. The van der Waals surface area contributed by atoms with Crippen LogP contribution in [0.1, 0.15) is 35.4 Å². The van der Waals surface area contributed by atoms with E-state index in [9.17, 15) is 14.9 Å². The first-order chi connectivity index (χ1) is 13.5. The molecule has 0 atom stereocenters. The van der Waals surface area contributed by atoms with E-state index in [-0.39, 0.29) is 11.6 Å². The van der Waals surface area contributed by atoms with Crippen molar-refractivity contribution in [2.45, 2.75) is 26.2 Å². The lowest BCUT2D eigenvalue weighted by Gasteiger charge is -2.28. The zero-order chi connectivity index (χ0) is 19.9. The number of carbonyl (C=O) groups excluding carboxylic acids is 1. The SMILES string of the molecule is Cc1nc(NCCNC(=O)c2ccc([N+](=O)[O-])cc2)cc(N2CCCCC2)n1. The van der Waals surface area contributed by atoms with E-state index < -0.39 is 4.92 Å². The van der Waals surface area contributed by atoms with Gasteiger partial charge in [-0.1, -0.05) is 0 Å². The van der Waals surface area contributed by atoms with Crippen LogP contribution in [0.5, 0.6) is 0 Å². The summed E-state index contributed by atoms with van der Waals surface area (Å²) >= 11 is 0. The van der Waals surface area contributed by atoms with Crippen LogP contribution in [0.2, 0.25) is 0 Å². The molecule has 0 saturated carbocycles. The maximum atomic E-state index is 12.1. The number of nitro groups is 1. The fourth-order valence-corrected chi connectivity index (χ4v) is 3.13. The number of aromatic nitrogens is 2. The highest BCUT2D eigenvalue weighted by atomic mass is 16.6. The zero-order valence-corrected chi connectivity index (χ0v) is 15.9. The van der Waals surface area contributed by atoms with E-state index in [0.29, 0.717) is 24.5 Å². The predicted octanol–water partition coefficient (Wildman–Crippen LogP) is 2.53. The molecule has 1 saturated heterocycles. The van der Waals surface area contributed by atoms with E-state index in [4.69, 9.17) is 0 Å². The number of benzene rings is 1. The van der Waals surface area contributed by atoms with Gasteiger partial charge in [0.05, 0.1) is 4.92 Å². The molecule has 1 aromatic carbocycles. The summed E-state index contributed by atoms with van der Waals surface area (Å²) in [5, 5.41) is 16.7. The van der Waals surface area contributed by atoms with Crippen molar-refractivity contribution in [3.05, 3.63) is 51.8 Å². The molecule has 0 spiro atoms. The van der Waals surface area contributed by atoms with E-state index >= 15 is 0 Å². The van der Waals surface area contributed by atoms with Gasteiger partial charge in [0.25, 0.3) is 11.6 Å². The third-order valence-electron chi connectivity index (χ3n) is 4.56. The number of hydrogen-bond donors (Lipinski definition) is 2. The van der Waals surface area contributed by atoms with Crippen molar-refractivity contribution in [3.63, 3.8) is 0 Å². The lowest BCUT2D eigenvalue weighted by molar-refractivity contribution is -0.384.